The van der Waals surface area contributed by atoms with Crippen LogP contribution in [0.4, 0.5) is 5.82 Å². The predicted octanol–water partition coefficient (Wildman–Crippen LogP) is 3.26. The standard InChI is InChI=1S/C27H25N7O2/c1-3-24(36)32-11-10-20(15-32)34-26-21(16(2)35)13-29-27(28)25(26)22(31-34)9-5-17-4-6-18-14-33(19-7-8-19)30-23(18)12-17/h3-4,6,12-14,19-20H,1,7-8,10-11,15H2,2H3,(H2,28,29)/t20-/m0/s1. The minimum Gasteiger partial charge on any atom is -0.383 e. The summed E-state index contributed by atoms with van der Waals surface area (Å²) >= 11 is 0. The molecule has 1 saturated carbocycles. The number of Topliss-reactive ketones (excluding diaryl/α,β-unsaturated/α-hetero) is 1. The maximum Gasteiger partial charge on any atom is 0.246 e. The van der Waals surface area contributed by atoms with E-state index in [0.717, 1.165) is 16.5 Å². The Labute approximate surface area is 207 Å². The Balaban J connectivity index is 1.43. The highest BCUT2D eigenvalue weighted by atomic mass is 16.2. The zero-order chi connectivity index (χ0) is 25.0. The third kappa shape index (κ3) is 3.71. The van der Waals surface area contributed by atoms with Crippen molar-refractivity contribution in [3.63, 3.8) is 0 Å². The molecule has 1 saturated heterocycles. The number of amides is 1. The summed E-state index contributed by atoms with van der Waals surface area (Å²) in [5, 5.41) is 11.1. The highest BCUT2D eigenvalue weighted by Crippen LogP contribution is 2.35. The van der Waals surface area contributed by atoms with Crippen molar-refractivity contribution in [2.24, 2.45) is 0 Å². The fourth-order valence-electron chi connectivity index (χ4n) is 4.85. The highest BCUT2D eigenvalue weighted by Gasteiger charge is 2.30. The van der Waals surface area contributed by atoms with Crippen LogP contribution in [0.2, 0.25) is 0 Å². The quantitative estimate of drug-likeness (QED) is 0.273. The van der Waals surface area contributed by atoms with E-state index < -0.39 is 0 Å². The molecule has 4 aromatic rings. The number of carbonyl (C=O) groups excluding carboxylic acids is 2. The second-order valence-electron chi connectivity index (χ2n) is 9.42. The molecule has 0 spiro atoms. The van der Waals surface area contributed by atoms with Crippen molar-refractivity contribution in [2.75, 3.05) is 18.8 Å². The van der Waals surface area contributed by atoms with Crippen molar-refractivity contribution in [1.82, 2.24) is 29.4 Å². The lowest BCUT2D eigenvalue weighted by Crippen LogP contribution is -2.27. The maximum atomic E-state index is 12.5. The van der Waals surface area contributed by atoms with Gasteiger partial charge in [-0.3, -0.25) is 19.0 Å². The lowest BCUT2D eigenvalue weighted by Gasteiger charge is -2.16. The molecule has 9 nitrogen and oxygen atoms in total. The van der Waals surface area contributed by atoms with Gasteiger partial charge in [0.1, 0.15) is 11.5 Å². The van der Waals surface area contributed by atoms with Crippen LogP contribution in [-0.4, -0.2) is 54.2 Å². The van der Waals surface area contributed by atoms with Gasteiger partial charge in [-0.2, -0.15) is 10.2 Å². The van der Waals surface area contributed by atoms with Gasteiger partial charge in [0.15, 0.2) is 5.78 Å². The van der Waals surface area contributed by atoms with Gasteiger partial charge in [0.25, 0.3) is 0 Å². The Bertz CT molecular complexity index is 1630. The van der Waals surface area contributed by atoms with E-state index in [1.807, 2.05) is 22.9 Å². The zero-order valence-corrected chi connectivity index (χ0v) is 19.9. The summed E-state index contributed by atoms with van der Waals surface area (Å²) < 4.78 is 3.83. The van der Waals surface area contributed by atoms with Crippen molar-refractivity contribution in [2.45, 2.75) is 38.3 Å². The Morgan fingerprint density at radius 2 is 2.00 bits per heavy atom. The van der Waals surface area contributed by atoms with Crippen molar-refractivity contribution in [3.8, 4) is 11.8 Å². The number of hydrogen-bond acceptors (Lipinski definition) is 6. The molecule has 6 rings (SSSR count). The van der Waals surface area contributed by atoms with E-state index in [1.54, 1.807) is 9.58 Å². The molecule has 1 aromatic carbocycles. The smallest absolute Gasteiger partial charge is 0.246 e. The first kappa shape index (κ1) is 22.0. The van der Waals surface area contributed by atoms with Gasteiger partial charge in [-0.05, 0) is 56.4 Å². The van der Waals surface area contributed by atoms with Gasteiger partial charge in [-0.15, -0.1) is 0 Å². The Morgan fingerprint density at radius 3 is 2.75 bits per heavy atom. The summed E-state index contributed by atoms with van der Waals surface area (Å²) in [6, 6.07) is 6.36. The van der Waals surface area contributed by atoms with E-state index in [0.29, 0.717) is 47.7 Å². The van der Waals surface area contributed by atoms with Gasteiger partial charge in [0, 0.05) is 36.4 Å². The van der Waals surface area contributed by atoms with Crippen LogP contribution in [0, 0.1) is 11.8 Å². The molecule has 0 radical (unpaired) electrons. The normalized spacial score (nSPS) is 17.4. The minimum absolute atomic E-state index is 0.116. The fraction of sp³-hybridized carbons (Fsp3) is 0.296. The van der Waals surface area contributed by atoms with E-state index >= 15 is 0 Å². The van der Waals surface area contributed by atoms with Crippen LogP contribution in [0.15, 0.2) is 43.2 Å². The third-order valence-corrected chi connectivity index (χ3v) is 6.90. The first-order valence-electron chi connectivity index (χ1n) is 12.0. The number of aromatic nitrogens is 5. The number of ketones is 1. The molecule has 3 aromatic heterocycles. The fourth-order valence-corrected chi connectivity index (χ4v) is 4.85. The highest BCUT2D eigenvalue weighted by molar-refractivity contribution is 6.09. The van der Waals surface area contributed by atoms with Gasteiger partial charge < -0.3 is 10.6 Å². The second kappa shape index (κ2) is 8.34. The number of nitrogens with zero attached hydrogens (tertiary/aromatic N) is 6. The monoisotopic (exact) mass is 479 g/mol. The van der Waals surface area contributed by atoms with Crippen molar-refractivity contribution >= 4 is 39.3 Å². The molecule has 0 unspecified atom stereocenters. The molecule has 1 aliphatic carbocycles. The number of anilines is 1. The first-order valence-corrected chi connectivity index (χ1v) is 12.0. The molecule has 0 bridgehead atoms. The predicted molar refractivity (Wildman–Crippen MR) is 136 cm³/mol. The Kier molecular flexibility index (Phi) is 5.11. The molecule has 2 aliphatic rings. The number of rotatable bonds is 4. The number of fused-ring (bicyclic) bond motifs is 2. The van der Waals surface area contributed by atoms with Crippen molar-refractivity contribution in [1.29, 1.82) is 0 Å². The maximum absolute atomic E-state index is 12.5. The molecule has 4 heterocycles. The molecule has 1 aliphatic heterocycles. The number of nitrogen functional groups attached to an aromatic ring is 1. The van der Waals surface area contributed by atoms with Crippen molar-refractivity contribution < 1.29 is 9.59 Å². The van der Waals surface area contributed by atoms with Crippen molar-refractivity contribution in [3.05, 3.63) is 60.1 Å². The van der Waals surface area contributed by atoms with Gasteiger partial charge >= 0.3 is 0 Å². The van der Waals surface area contributed by atoms with Crippen LogP contribution in [0.25, 0.3) is 21.8 Å². The molecule has 36 heavy (non-hydrogen) atoms. The lowest BCUT2D eigenvalue weighted by atomic mass is 10.1. The molecule has 9 heteroatoms. The molecular formula is C27H25N7O2. The van der Waals surface area contributed by atoms with E-state index in [-0.39, 0.29) is 23.6 Å². The molecular weight excluding hydrogens is 454 g/mol. The van der Waals surface area contributed by atoms with Crippen LogP contribution in [-0.2, 0) is 4.79 Å². The summed E-state index contributed by atoms with van der Waals surface area (Å²) in [4.78, 5) is 30.6. The van der Waals surface area contributed by atoms with Gasteiger partial charge in [-0.25, -0.2) is 4.98 Å². The summed E-state index contributed by atoms with van der Waals surface area (Å²) in [6.07, 6.45) is 7.93. The van der Waals surface area contributed by atoms with Gasteiger partial charge in [-0.1, -0.05) is 12.5 Å². The molecule has 2 N–H and O–H groups in total. The first-order chi connectivity index (χ1) is 17.4. The molecule has 1 atom stereocenters. The van der Waals surface area contributed by atoms with Crippen LogP contribution >= 0.6 is 0 Å². The molecule has 2 fully saturated rings. The second-order valence-corrected chi connectivity index (χ2v) is 9.42. The van der Waals surface area contributed by atoms with Crippen LogP contribution < -0.4 is 5.73 Å². The molecule has 180 valence electrons. The Morgan fingerprint density at radius 1 is 1.17 bits per heavy atom. The topological polar surface area (TPSA) is 112 Å². The number of benzene rings is 1. The van der Waals surface area contributed by atoms with Gasteiger partial charge in [0.05, 0.1) is 34.1 Å². The number of pyridine rings is 1. The summed E-state index contributed by atoms with van der Waals surface area (Å²) in [7, 11) is 0. The average Bonchev–Trinajstić information content (AvgIpc) is 3.27. The van der Waals surface area contributed by atoms with Crippen LogP contribution in [0.5, 0.6) is 0 Å². The Hall–Kier alpha value is -4.45. The minimum atomic E-state index is -0.137. The van der Waals surface area contributed by atoms with E-state index in [9.17, 15) is 9.59 Å². The SMILES string of the molecule is C=CC(=O)N1CC[C@H](n2nc(C#Cc3ccc4cn(C5CC5)nc4c3)c3c(N)ncc(C(C)=O)c32)C1. The molecule has 1 amide bonds. The number of hydrogen-bond donors (Lipinski definition) is 1. The summed E-state index contributed by atoms with van der Waals surface area (Å²) in [6.45, 7) is 6.13. The van der Waals surface area contributed by atoms with Crippen LogP contribution in [0.1, 0.15) is 59.9 Å². The van der Waals surface area contributed by atoms with E-state index in [1.165, 1.54) is 32.0 Å². The van der Waals surface area contributed by atoms with E-state index in [2.05, 4.69) is 29.6 Å². The third-order valence-electron chi connectivity index (χ3n) is 6.90. The summed E-state index contributed by atoms with van der Waals surface area (Å²) in [5.74, 6) is 6.36. The average molecular weight is 480 g/mol. The van der Waals surface area contributed by atoms with Crippen LogP contribution in [0.3, 0.4) is 0 Å². The zero-order valence-electron chi connectivity index (χ0n) is 19.9. The largest absolute Gasteiger partial charge is 0.383 e. The van der Waals surface area contributed by atoms with E-state index in [4.69, 9.17) is 15.9 Å². The number of likely N-dealkylation sites (tertiary alicyclic amines) is 1. The summed E-state index contributed by atoms with van der Waals surface area (Å²) in [5.41, 5.74) is 9.49. The lowest BCUT2D eigenvalue weighted by molar-refractivity contribution is -0.125. The number of carbonyl (C=O) groups is 2. The number of nitrogens with two attached hydrogens (primary N) is 1. The van der Waals surface area contributed by atoms with Gasteiger partial charge in [0.2, 0.25) is 5.91 Å².